The largest absolute Gasteiger partial charge is 0.481 e. The average molecular weight is 1170 g/mol. The number of hydrogen-bond acceptors (Lipinski definition) is 15. The van der Waals surface area contributed by atoms with Crippen LogP contribution in [-0.4, -0.2) is 108 Å². The maximum atomic E-state index is 15.2. The number of ketones is 3. The van der Waals surface area contributed by atoms with Crippen molar-refractivity contribution in [2.45, 2.75) is 134 Å². The lowest BCUT2D eigenvalue weighted by molar-refractivity contribution is -0.168. The third-order valence-corrected chi connectivity index (χ3v) is 17.0. The Bertz CT molecular complexity index is 2900. The molecule has 458 valence electrons. The number of aliphatic carboxylic acids is 3. The zero-order valence-electron chi connectivity index (χ0n) is 51.1. The second kappa shape index (κ2) is 28.8. The van der Waals surface area contributed by atoms with E-state index in [-0.39, 0.29) is 68.3 Å². The number of aryl methyl sites for hydroxylation is 1. The van der Waals surface area contributed by atoms with Crippen molar-refractivity contribution in [3.63, 3.8) is 0 Å². The maximum Gasteiger partial charge on any atom is 0.318 e. The molecule has 1 heterocycles. The molecular formula is C65H86N2O17. The van der Waals surface area contributed by atoms with Gasteiger partial charge < -0.3 is 39.7 Å². The zero-order chi connectivity index (χ0) is 63.4. The lowest BCUT2D eigenvalue weighted by Gasteiger charge is -2.45. The van der Waals surface area contributed by atoms with Crippen molar-refractivity contribution in [3.05, 3.63) is 95.1 Å². The zero-order valence-corrected chi connectivity index (χ0v) is 51.1. The van der Waals surface area contributed by atoms with Crippen LogP contribution in [0.2, 0.25) is 0 Å². The number of nitrogens with zero attached hydrogens (tertiary/aromatic N) is 1. The van der Waals surface area contributed by atoms with Crippen molar-refractivity contribution in [3.8, 4) is 5.75 Å². The van der Waals surface area contributed by atoms with Crippen LogP contribution >= 0.6 is 0 Å². The molecule has 1 fully saturated rings. The van der Waals surface area contributed by atoms with Gasteiger partial charge in [-0.2, -0.15) is 0 Å². The molecule has 0 aliphatic carbocycles. The number of rotatable bonds is 33. The number of cyclic esters (lactones) is 2. The molecule has 4 rings (SSSR count). The van der Waals surface area contributed by atoms with Crippen LogP contribution in [0.1, 0.15) is 164 Å². The molecular weight excluding hydrogens is 1080 g/mol. The first-order chi connectivity index (χ1) is 39.0. The lowest BCUT2D eigenvalue weighted by atomic mass is 9.57. The molecule has 0 radical (unpaired) electrons. The van der Waals surface area contributed by atoms with Gasteiger partial charge in [0.2, 0.25) is 0 Å². The number of unbranched alkanes of at least 4 members (excludes halogenated alkanes) is 1. The molecule has 0 saturated carbocycles. The Morgan fingerprint density at radius 2 is 1.07 bits per heavy atom. The number of anilines is 1. The van der Waals surface area contributed by atoms with Crippen molar-refractivity contribution < 1.29 is 82.3 Å². The first-order valence-corrected chi connectivity index (χ1v) is 28.6. The first kappa shape index (κ1) is 68.9. The number of amides is 1. The predicted octanol–water partition coefficient (Wildman–Crippen LogP) is 10.1. The Morgan fingerprint density at radius 1 is 0.607 bits per heavy atom. The summed E-state index contributed by atoms with van der Waals surface area (Å²) in [4.78, 5) is 152. The highest BCUT2D eigenvalue weighted by Crippen LogP contribution is 2.52. The van der Waals surface area contributed by atoms with Crippen LogP contribution in [-0.2, 0) is 47.8 Å². The topological polar surface area (TPSA) is 291 Å². The first-order valence-electron chi connectivity index (χ1n) is 28.6. The summed E-state index contributed by atoms with van der Waals surface area (Å²) in [6, 6.07) is 19.2. The van der Waals surface area contributed by atoms with Crippen LogP contribution in [0, 0.1) is 75.9 Å². The van der Waals surface area contributed by atoms with Crippen molar-refractivity contribution in [1.82, 2.24) is 5.32 Å². The van der Waals surface area contributed by atoms with Gasteiger partial charge in [0.15, 0.2) is 11.6 Å². The molecule has 0 spiro atoms. The van der Waals surface area contributed by atoms with Crippen molar-refractivity contribution in [1.29, 1.82) is 0 Å². The van der Waals surface area contributed by atoms with E-state index in [0.717, 1.165) is 11.3 Å². The lowest BCUT2D eigenvalue weighted by Crippen LogP contribution is -2.50. The van der Waals surface area contributed by atoms with E-state index < -0.39 is 142 Å². The normalized spacial score (nSPS) is 16.9. The van der Waals surface area contributed by atoms with Gasteiger partial charge in [0.25, 0.3) is 5.91 Å². The number of carbonyl (C=O) groups excluding carboxylic acids is 8. The minimum Gasteiger partial charge on any atom is -0.481 e. The second-order valence-corrected chi connectivity index (χ2v) is 25.4. The van der Waals surface area contributed by atoms with Crippen LogP contribution < -0.4 is 15.0 Å². The Kier molecular flexibility index (Phi) is 23.6. The SMILES string of the molecule is CCOC(=O)C(C(CC(C)(C)C1C(=O)OC(=O)C1C)C(=O)O)C(C)(C)CC(C(=O)O)C(C(=O)CCCCNC(=O)c1ccc(N(C)C)cc1)C(C)(C)CC(C(=O)O)C(C(=O)Oc1ccc(C(=O)CC(=O)c2ccc(C)cc2)cc1)C(C)(C)CC. The third kappa shape index (κ3) is 17.5. The molecule has 1 saturated heterocycles. The molecule has 8 unspecified atom stereocenters. The Labute approximate surface area is 493 Å². The van der Waals surface area contributed by atoms with E-state index in [2.05, 4.69) is 5.32 Å². The van der Waals surface area contributed by atoms with Crippen molar-refractivity contribution >= 4 is 70.7 Å². The van der Waals surface area contributed by atoms with Crippen molar-refractivity contribution in [2.75, 3.05) is 32.1 Å². The van der Waals surface area contributed by atoms with Crippen LogP contribution in [0.4, 0.5) is 5.69 Å². The number of hydrogen-bond donors (Lipinski definition) is 4. The van der Waals surface area contributed by atoms with Gasteiger partial charge >= 0.3 is 41.8 Å². The molecule has 1 aliphatic heterocycles. The van der Waals surface area contributed by atoms with Gasteiger partial charge in [0, 0.05) is 55.4 Å². The number of esters is 4. The van der Waals surface area contributed by atoms with E-state index in [1.165, 1.54) is 65.8 Å². The quantitative estimate of drug-likeness (QED) is 0.0145. The highest BCUT2D eigenvalue weighted by atomic mass is 16.6. The smallest absolute Gasteiger partial charge is 0.318 e. The monoisotopic (exact) mass is 1170 g/mol. The number of carboxylic acid groups (broad SMARTS) is 3. The van der Waals surface area contributed by atoms with Crippen molar-refractivity contribution in [2.24, 2.45) is 69.0 Å². The minimum atomic E-state index is -1.73. The number of nitrogens with one attached hydrogen (secondary N) is 1. The summed E-state index contributed by atoms with van der Waals surface area (Å²) in [5.74, 6) is -21.6. The molecule has 4 N–H and O–H groups in total. The molecule has 19 heteroatoms. The number of carbonyl (C=O) groups is 11. The summed E-state index contributed by atoms with van der Waals surface area (Å²) in [6.45, 7) is 19.1. The maximum absolute atomic E-state index is 15.2. The minimum absolute atomic E-state index is 0.0354. The third-order valence-electron chi connectivity index (χ3n) is 17.0. The summed E-state index contributed by atoms with van der Waals surface area (Å²) in [6.07, 6.45) is -1.41. The molecule has 0 aromatic heterocycles. The van der Waals surface area contributed by atoms with Gasteiger partial charge in [-0.25, -0.2) is 0 Å². The summed E-state index contributed by atoms with van der Waals surface area (Å²) in [5.41, 5.74) is -2.88. The van der Waals surface area contributed by atoms with Gasteiger partial charge in [-0.15, -0.1) is 0 Å². The summed E-state index contributed by atoms with van der Waals surface area (Å²) in [7, 11) is 3.73. The highest BCUT2D eigenvalue weighted by molar-refractivity contribution is 6.13. The molecule has 0 bridgehead atoms. The van der Waals surface area contributed by atoms with E-state index in [1.807, 2.05) is 25.9 Å². The summed E-state index contributed by atoms with van der Waals surface area (Å²) < 4.78 is 16.3. The van der Waals surface area contributed by atoms with Gasteiger partial charge in [-0.3, -0.25) is 52.7 Å². The van der Waals surface area contributed by atoms with E-state index in [0.29, 0.717) is 11.1 Å². The standard InChI is InChI=1S/C65H86N2O17/c1-15-62(5,6)53(61(81)83-43-30-26-40(27-31-43)49(70)33-48(69)39-22-20-37(3)21-23-39)46(57(76)77)36-64(9,10)51(47(68)19-17-18-32-66-54(71)41-24-28-42(29-25-41)67(13)14)44(55(72)73)34-65(11,12)52(59(79)82-16-2)45(56(74)75)35-63(7,8)50-38(4)58(78)84-60(50)80/h20-31,38,44-46,50-53H,15-19,32-36H2,1-14H3,(H,66,71)(H,72,73)(H,74,75)(H,76,77). The molecule has 1 aliphatic rings. The molecule has 3 aromatic rings. The molecule has 3 aromatic carbocycles. The number of Topliss-reactive ketones (excluding diaryl/α,β-unsaturated/α-hetero) is 3. The number of benzene rings is 3. The molecule has 8 atom stereocenters. The van der Waals surface area contributed by atoms with E-state index in [1.54, 1.807) is 83.1 Å². The van der Waals surface area contributed by atoms with Gasteiger partial charge in [0.1, 0.15) is 11.5 Å². The molecule has 19 nitrogen and oxygen atoms in total. The van der Waals surface area contributed by atoms with Crippen LogP contribution in [0.3, 0.4) is 0 Å². The van der Waals surface area contributed by atoms with Gasteiger partial charge in [-0.1, -0.05) is 105 Å². The molecule has 84 heavy (non-hydrogen) atoms. The fourth-order valence-electron chi connectivity index (χ4n) is 12.2. The summed E-state index contributed by atoms with van der Waals surface area (Å²) >= 11 is 0. The second-order valence-electron chi connectivity index (χ2n) is 25.4. The molecule has 1 amide bonds. The predicted molar refractivity (Wildman–Crippen MR) is 312 cm³/mol. The fourth-order valence-corrected chi connectivity index (χ4v) is 12.2. The Morgan fingerprint density at radius 3 is 1.54 bits per heavy atom. The summed E-state index contributed by atoms with van der Waals surface area (Å²) in [5, 5.41) is 36.4. The highest BCUT2D eigenvalue weighted by Gasteiger charge is 2.57. The van der Waals surface area contributed by atoms with E-state index in [4.69, 9.17) is 14.2 Å². The van der Waals surface area contributed by atoms with E-state index in [9.17, 15) is 63.3 Å². The number of ether oxygens (including phenoxy) is 3. The van der Waals surface area contributed by atoms with Crippen LogP contribution in [0.5, 0.6) is 5.75 Å². The Hall–Kier alpha value is -7.57. The van der Waals surface area contributed by atoms with Crippen LogP contribution in [0.15, 0.2) is 72.8 Å². The fraction of sp³-hybridized carbons (Fsp3) is 0.554. The van der Waals surface area contributed by atoms with Gasteiger partial charge in [-0.05, 0) is 116 Å². The average Bonchev–Trinajstić information content (AvgIpc) is 3.61. The van der Waals surface area contributed by atoms with Gasteiger partial charge in [0.05, 0.1) is 54.5 Å². The Balaban J connectivity index is 1.76. The van der Waals surface area contributed by atoms with Crippen LogP contribution in [0.25, 0.3) is 0 Å². The van der Waals surface area contributed by atoms with E-state index >= 15 is 4.79 Å². The number of carboxylic acids is 3.